The van der Waals surface area contributed by atoms with Crippen LogP contribution in [0.15, 0.2) is 0 Å². The molecule has 2 bridgehead atoms. The van der Waals surface area contributed by atoms with E-state index in [9.17, 15) is 9.59 Å². The van der Waals surface area contributed by atoms with Gasteiger partial charge in [-0.1, -0.05) is 13.8 Å². The Morgan fingerprint density at radius 3 is 2.69 bits per heavy atom. The van der Waals surface area contributed by atoms with Gasteiger partial charge in [-0.25, -0.2) is 0 Å². The lowest BCUT2D eigenvalue weighted by Gasteiger charge is -2.56. The summed E-state index contributed by atoms with van der Waals surface area (Å²) in [5.74, 6) is 2.19. The SMILES string of the molecule is C[C@H]1CC(=O)[C@@H]2[C@@H](C1)[C@@H]1CC[C@]2(C)CC1=O. The molecule has 0 spiro atoms. The molecule has 0 heterocycles. The van der Waals surface area contributed by atoms with Crippen molar-refractivity contribution in [3.8, 4) is 0 Å². The third kappa shape index (κ3) is 1.25. The van der Waals surface area contributed by atoms with Crippen molar-refractivity contribution in [2.45, 2.75) is 46.0 Å². The first kappa shape index (κ1) is 10.5. The lowest BCUT2D eigenvalue weighted by molar-refractivity contribution is -0.158. The van der Waals surface area contributed by atoms with Crippen molar-refractivity contribution in [2.24, 2.45) is 29.1 Å². The van der Waals surface area contributed by atoms with Crippen LogP contribution in [-0.2, 0) is 9.59 Å². The molecule has 0 aromatic carbocycles. The Labute approximate surface area is 96.8 Å². The van der Waals surface area contributed by atoms with Gasteiger partial charge in [-0.2, -0.15) is 0 Å². The van der Waals surface area contributed by atoms with Gasteiger partial charge in [-0.15, -0.1) is 0 Å². The molecule has 0 saturated heterocycles. The third-order valence-electron chi connectivity index (χ3n) is 5.28. The Balaban J connectivity index is 2.00. The Hall–Kier alpha value is -0.660. The minimum absolute atomic E-state index is 0.00766. The first-order chi connectivity index (χ1) is 7.51. The van der Waals surface area contributed by atoms with Crippen molar-refractivity contribution < 1.29 is 9.59 Å². The first-order valence-electron chi connectivity index (χ1n) is 6.57. The predicted octanol–water partition coefficient (Wildman–Crippen LogP) is 2.61. The fraction of sp³-hybridized carbons (Fsp3) is 0.857. The van der Waals surface area contributed by atoms with Crippen LogP contribution in [-0.4, -0.2) is 11.6 Å². The third-order valence-corrected chi connectivity index (χ3v) is 5.28. The van der Waals surface area contributed by atoms with E-state index in [2.05, 4.69) is 13.8 Å². The van der Waals surface area contributed by atoms with Crippen LogP contribution in [0, 0.1) is 29.1 Å². The molecule has 0 N–H and O–H groups in total. The molecule has 4 aliphatic carbocycles. The van der Waals surface area contributed by atoms with Crippen LogP contribution in [0.3, 0.4) is 0 Å². The van der Waals surface area contributed by atoms with Gasteiger partial charge in [0.1, 0.15) is 11.6 Å². The molecule has 0 aromatic rings. The molecule has 16 heavy (non-hydrogen) atoms. The molecule has 0 aromatic heterocycles. The van der Waals surface area contributed by atoms with E-state index in [-0.39, 0.29) is 17.3 Å². The summed E-state index contributed by atoms with van der Waals surface area (Å²) < 4.78 is 0. The van der Waals surface area contributed by atoms with Crippen molar-refractivity contribution in [1.82, 2.24) is 0 Å². The molecule has 2 nitrogen and oxygen atoms in total. The fourth-order valence-electron chi connectivity index (χ4n) is 4.68. The molecule has 2 heteroatoms. The van der Waals surface area contributed by atoms with Crippen LogP contribution in [0.1, 0.15) is 46.0 Å². The minimum atomic E-state index is 0.00766. The van der Waals surface area contributed by atoms with E-state index in [4.69, 9.17) is 0 Å². The minimum Gasteiger partial charge on any atom is -0.299 e. The number of carbonyl (C=O) groups excluding carboxylic acids is 2. The van der Waals surface area contributed by atoms with E-state index in [1.807, 2.05) is 0 Å². The number of carbonyl (C=O) groups is 2. The van der Waals surface area contributed by atoms with E-state index in [0.29, 0.717) is 29.8 Å². The molecule has 4 aliphatic rings. The topological polar surface area (TPSA) is 34.1 Å². The van der Waals surface area contributed by atoms with E-state index in [0.717, 1.165) is 25.7 Å². The summed E-state index contributed by atoms with van der Waals surface area (Å²) in [5.41, 5.74) is 0.00766. The lowest BCUT2D eigenvalue weighted by Crippen LogP contribution is -2.56. The Morgan fingerprint density at radius 2 is 2.00 bits per heavy atom. The maximum Gasteiger partial charge on any atom is 0.137 e. The summed E-state index contributed by atoms with van der Waals surface area (Å²) in [6.45, 7) is 4.33. The van der Waals surface area contributed by atoms with Crippen LogP contribution in [0.25, 0.3) is 0 Å². The summed E-state index contributed by atoms with van der Waals surface area (Å²) in [7, 11) is 0. The Morgan fingerprint density at radius 1 is 1.25 bits per heavy atom. The van der Waals surface area contributed by atoms with Gasteiger partial charge in [-0.05, 0) is 36.5 Å². The average Bonchev–Trinajstić information content (AvgIpc) is 2.14. The van der Waals surface area contributed by atoms with Crippen LogP contribution in [0.5, 0.6) is 0 Å². The van der Waals surface area contributed by atoms with Gasteiger partial charge in [0, 0.05) is 24.7 Å². The molecule has 5 atom stereocenters. The zero-order valence-corrected chi connectivity index (χ0v) is 10.2. The standard InChI is InChI=1S/C14H20O2/c1-8-5-10-9-3-4-14(2,7-12(9)16)13(10)11(15)6-8/h8-10,13H,3-7H2,1-2H3/t8-,9+,10+,13+,14-/m1/s1. The molecule has 4 rings (SSSR count). The summed E-state index contributed by atoms with van der Waals surface area (Å²) in [6, 6.07) is 0. The first-order valence-corrected chi connectivity index (χ1v) is 6.57. The van der Waals surface area contributed by atoms with E-state index < -0.39 is 0 Å². The number of Topliss-reactive ketones (excluding diaryl/α,β-unsaturated/α-hetero) is 2. The monoisotopic (exact) mass is 220 g/mol. The van der Waals surface area contributed by atoms with Crippen molar-refractivity contribution >= 4 is 11.6 Å². The Kier molecular flexibility index (Phi) is 2.08. The van der Waals surface area contributed by atoms with E-state index >= 15 is 0 Å². The molecule has 0 radical (unpaired) electrons. The summed E-state index contributed by atoms with van der Waals surface area (Å²) in [6.07, 6.45) is 4.64. The van der Waals surface area contributed by atoms with Crippen molar-refractivity contribution in [3.63, 3.8) is 0 Å². The van der Waals surface area contributed by atoms with Crippen LogP contribution < -0.4 is 0 Å². The van der Waals surface area contributed by atoms with Gasteiger partial charge in [0.25, 0.3) is 0 Å². The fourth-order valence-corrected chi connectivity index (χ4v) is 4.68. The number of hydrogen-bond acceptors (Lipinski definition) is 2. The normalized spacial score (nSPS) is 51.6. The summed E-state index contributed by atoms with van der Waals surface area (Å²) in [5, 5.41) is 0. The maximum atomic E-state index is 12.2. The smallest absolute Gasteiger partial charge is 0.137 e. The number of fused-ring (bicyclic) bond motifs is 2. The molecule has 0 aliphatic heterocycles. The van der Waals surface area contributed by atoms with Crippen LogP contribution >= 0.6 is 0 Å². The highest BCUT2D eigenvalue weighted by molar-refractivity contribution is 5.90. The predicted molar refractivity (Wildman–Crippen MR) is 60.8 cm³/mol. The van der Waals surface area contributed by atoms with Gasteiger partial charge in [0.2, 0.25) is 0 Å². The molecule has 0 unspecified atom stereocenters. The second-order valence-electron chi connectivity index (χ2n) is 6.60. The highest BCUT2D eigenvalue weighted by Gasteiger charge is 2.58. The van der Waals surface area contributed by atoms with Gasteiger partial charge >= 0.3 is 0 Å². The van der Waals surface area contributed by atoms with Gasteiger partial charge in [-0.3, -0.25) is 9.59 Å². The molecular formula is C14H20O2. The molecule has 4 saturated carbocycles. The summed E-state index contributed by atoms with van der Waals surface area (Å²) in [4.78, 5) is 24.2. The zero-order chi connectivity index (χ0) is 11.5. The molecule has 4 fully saturated rings. The second kappa shape index (κ2) is 3.18. The number of hydrogen-bond donors (Lipinski definition) is 0. The number of ketones is 2. The largest absolute Gasteiger partial charge is 0.299 e. The highest BCUT2D eigenvalue weighted by Crippen LogP contribution is 2.58. The lowest BCUT2D eigenvalue weighted by atomic mass is 9.46. The van der Waals surface area contributed by atoms with Gasteiger partial charge < -0.3 is 0 Å². The average molecular weight is 220 g/mol. The maximum absolute atomic E-state index is 12.2. The van der Waals surface area contributed by atoms with Crippen molar-refractivity contribution in [3.05, 3.63) is 0 Å². The van der Waals surface area contributed by atoms with Crippen LogP contribution in [0.2, 0.25) is 0 Å². The van der Waals surface area contributed by atoms with Crippen molar-refractivity contribution in [2.75, 3.05) is 0 Å². The van der Waals surface area contributed by atoms with Crippen molar-refractivity contribution in [1.29, 1.82) is 0 Å². The number of rotatable bonds is 0. The quantitative estimate of drug-likeness (QED) is 0.629. The van der Waals surface area contributed by atoms with Crippen LogP contribution in [0.4, 0.5) is 0 Å². The zero-order valence-electron chi connectivity index (χ0n) is 10.2. The molecule has 0 amide bonds. The summed E-state index contributed by atoms with van der Waals surface area (Å²) >= 11 is 0. The highest BCUT2D eigenvalue weighted by atomic mass is 16.1. The molecular weight excluding hydrogens is 200 g/mol. The van der Waals surface area contributed by atoms with Gasteiger partial charge in [0.05, 0.1) is 0 Å². The molecule has 88 valence electrons. The Bertz CT molecular complexity index is 360. The van der Waals surface area contributed by atoms with Gasteiger partial charge in [0.15, 0.2) is 0 Å². The second-order valence-corrected chi connectivity index (χ2v) is 6.60. The van der Waals surface area contributed by atoms with E-state index in [1.165, 1.54) is 0 Å². The van der Waals surface area contributed by atoms with E-state index in [1.54, 1.807) is 0 Å².